The predicted octanol–water partition coefficient (Wildman–Crippen LogP) is 3.97. The molecule has 112 valence electrons. The van der Waals surface area contributed by atoms with Crippen molar-refractivity contribution in [2.24, 2.45) is 4.99 Å². The molecule has 0 heterocycles. The van der Waals surface area contributed by atoms with E-state index in [1.165, 1.54) is 6.92 Å². The lowest BCUT2D eigenvalue weighted by Gasteiger charge is -2.09. The van der Waals surface area contributed by atoms with Crippen molar-refractivity contribution in [2.75, 3.05) is 5.32 Å². The summed E-state index contributed by atoms with van der Waals surface area (Å²) >= 11 is 0. The molecule has 5 nitrogen and oxygen atoms in total. The lowest BCUT2D eigenvalue weighted by Crippen LogP contribution is -1.95. The van der Waals surface area contributed by atoms with E-state index >= 15 is 0 Å². The van der Waals surface area contributed by atoms with Crippen LogP contribution in [0.1, 0.15) is 24.2 Å². The van der Waals surface area contributed by atoms with E-state index in [4.69, 9.17) is 4.74 Å². The molecule has 0 unspecified atom stereocenters. The molecule has 0 aromatic heterocycles. The van der Waals surface area contributed by atoms with E-state index in [1.807, 2.05) is 0 Å². The Balaban J connectivity index is 2.30. The van der Waals surface area contributed by atoms with Crippen molar-refractivity contribution in [3.05, 3.63) is 48.0 Å². The zero-order valence-electron chi connectivity index (χ0n) is 12.4. The van der Waals surface area contributed by atoms with Gasteiger partial charge in [-0.15, -0.1) is 0 Å². The minimum absolute atomic E-state index is 0.0811. The quantitative estimate of drug-likeness (QED) is 0.498. The number of ether oxygens (including phenoxy) is 1. The van der Waals surface area contributed by atoms with E-state index in [1.54, 1.807) is 55.6 Å². The van der Waals surface area contributed by atoms with Gasteiger partial charge in [0.05, 0.1) is 5.69 Å². The molecule has 0 atom stereocenters. The van der Waals surface area contributed by atoms with Crippen LogP contribution in [0.3, 0.4) is 0 Å². The molecule has 0 radical (unpaired) electrons. The van der Waals surface area contributed by atoms with Gasteiger partial charge in [0.1, 0.15) is 11.5 Å². The summed E-state index contributed by atoms with van der Waals surface area (Å²) in [6.45, 7) is 3.28. The fourth-order valence-electron chi connectivity index (χ4n) is 1.97. The summed E-state index contributed by atoms with van der Waals surface area (Å²) in [6.07, 6.45) is 2.24. The van der Waals surface area contributed by atoms with Gasteiger partial charge in [-0.05, 0) is 44.2 Å². The maximum absolute atomic E-state index is 11.7. The third kappa shape index (κ3) is 3.79. The molecular weight excluding hydrogens is 280 g/mol. The van der Waals surface area contributed by atoms with Crippen molar-refractivity contribution in [3.63, 3.8) is 0 Å². The molecule has 2 aromatic carbocycles. The van der Waals surface area contributed by atoms with E-state index < -0.39 is 0 Å². The average Bonchev–Trinajstić information content (AvgIpc) is 2.49. The zero-order valence-corrected chi connectivity index (χ0v) is 12.4. The maximum atomic E-state index is 11.7. The number of hydrogen-bond acceptors (Lipinski definition) is 4. The number of carbonyl (C=O) groups is 2. The van der Waals surface area contributed by atoms with Gasteiger partial charge in [0.25, 0.3) is 0 Å². The summed E-state index contributed by atoms with van der Waals surface area (Å²) in [6, 6.07) is 12.1. The number of hydrogen-bond donors (Lipinski definition) is 1. The van der Waals surface area contributed by atoms with Crippen LogP contribution < -0.4 is 10.1 Å². The summed E-state index contributed by atoms with van der Waals surface area (Å²) in [5.41, 5.74) is 1.74. The van der Waals surface area contributed by atoms with Crippen LogP contribution in [0.4, 0.5) is 11.4 Å². The standard InChI is InChI=1S/C17H16N2O3/c1-3-18-17-8-7-15(10-16(17)12(2)21)22-14-6-4-5-13(9-14)19-11-20/h3-11H,1-2H3,(H,19,20). The van der Waals surface area contributed by atoms with Gasteiger partial charge in [-0.25, -0.2) is 0 Å². The Morgan fingerprint density at radius 3 is 2.64 bits per heavy atom. The Morgan fingerprint density at radius 1 is 1.18 bits per heavy atom. The van der Waals surface area contributed by atoms with Gasteiger partial charge in [-0.3, -0.25) is 14.6 Å². The Labute approximate surface area is 128 Å². The fourth-order valence-corrected chi connectivity index (χ4v) is 1.97. The first-order valence-electron chi connectivity index (χ1n) is 6.76. The van der Waals surface area contributed by atoms with Crippen LogP contribution in [-0.2, 0) is 4.79 Å². The van der Waals surface area contributed by atoms with Gasteiger partial charge >= 0.3 is 0 Å². The minimum Gasteiger partial charge on any atom is -0.457 e. The molecule has 0 bridgehead atoms. The largest absolute Gasteiger partial charge is 0.457 e. The van der Waals surface area contributed by atoms with E-state index in [0.29, 0.717) is 34.8 Å². The molecule has 1 amide bonds. The number of amides is 1. The first kappa shape index (κ1) is 15.4. The molecule has 5 heteroatoms. The molecule has 0 fully saturated rings. The predicted molar refractivity (Wildman–Crippen MR) is 86.5 cm³/mol. The number of rotatable bonds is 6. The van der Waals surface area contributed by atoms with Crippen molar-refractivity contribution in [3.8, 4) is 11.5 Å². The molecule has 0 spiro atoms. The highest BCUT2D eigenvalue weighted by Gasteiger charge is 2.09. The number of anilines is 1. The van der Waals surface area contributed by atoms with Crippen LogP contribution in [0, 0.1) is 0 Å². The van der Waals surface area contributed by atoms with Crippen LogP contribution in [0.2, 0.25) is 0 Å². The van der Waals surface area contributed by atoms with Crippen LogP contribution in [0.15, 0.2) is 47.5 Å². The molecule has 2 rings (SSSR count). The van der Waals surface area contributed by atoms with E-state index in [-0.39, 0.29) is 5.78 Å². The molecule has 2 aromatic rings. The molecule has 1 N–H and O–H groups in total. The number of ketones is 1. The summed E-state index contributed by atoms with van der Waals surface area (Å²) in [4.78, 5) is 26.3. The van der Waals surface area contributed by atoms with E-state index in [9.17, 15) is 9.59 Å². The molecule has 0 saturated heterocycles. The topological polar surface area (TPSA) is 67.8 Å². The SMILES string of the molecule is CC=Nc1ccc(Oc2cccc(NC=O)c2)cc1C(C)=O. The van der Waals surface area contributed by atoms with Crippen LogP contribution in [0.25, 0.3) is 0 Å². The second-order valence-corrected chi connectivity index (χ2v) is 4.51. The highest BCUT2D eigenvalue weighted by atomic mass is 16.5. The number of nitrogens with zero attached hydrogens (tertiary/aromatic N) is 1. The number of nitrogens with one attached hydrogen (secondary N) is 1. The normalized spacial score (nSPS) is 10.5. The van der Waals surface area contributed by atoms with Crippen molar-refractivity contribution in [1.29, 1.82) is 0 Å². The van der Waals surface area contributed by atoms with Gasteiger partial charge in [-0.2, -0.15) is 0 Å². The third-order valence-electron chi connectivity index (χ3n) is 2.91. The van der Waals surface area contributed by atoms with Crippen LogP contribution >= 0.6 is 0 Å². The number of Topliss-reactive ketones (excluding diaryl/α,β-unsaturated/α-hetero) is 1. The second kappa shape index (κ2) is 7.17. The lowest BCUT2D eigenvalue weighted by atomic mass is 10.1. The number of benzene rings is 2. The average molecular weight is 296 g/mol. The molecule has 0 aliphatic heterocycles. The third-order valence-corrected chi connectivity index (χ3v) is 2.91. The van der Waals surface area contributed by atoms with Gasteiger partial charge < -0.3 is 10.1 Å². The highest BCUT2D eigenvalue weighted by Crippen LogP contribution is 2.29. The summed E-state index contributed by atoms with van der Waals surface area (Å²) < 4.78 is 5.73. The highest BCUT2D eigenvalue weighted by molar-refractivity contribution is 5.99. The molecule has 0 saturated carbocycles. The Bertz CT molecular complexity index is 724. The Kier molecular flexibility index (Phi) is 5.03. The van der Waals surface area contributed by atoms with Crippen molar-refractivity contribution < 1.29 is 14.3 Å². The van der Waals surface area contributed by atoms with Crippen LogP contribution in [-0.4, -0.2) is 18.4 Å². The second-order valence-electron chi connectivity index (χ2n) is 4.51. The lowest BCUT2D eigenvalue weighted by molar-refractivity contribution is -0.105. The Hall–Kier alpha value is -2.95. The van der Waals surface area contributed by atoms with Crippen molar-refractivity contribution >= 4 is 29.8 Å². The smallest absolute Gasteiger partial charge is 0.211 e. The number of carbonyl (C=O) groups excluding carboxylic acids is 2. The zero-order chi connectivity index (χ0) is 15.9. The van der Waals surface area contributed by atoms with Gasteiger partial charge in [0.2, 0.25) is 6.41 Å². The van der Waals surface area contributed by atoms with Gasteiger partial charge in [-0.1, -0.05) is 6.07 Å². The summed E-state index contributed by atoms with van der Waals surface area (Å²) in [5, 5.41) is 2.56. The summed E-state index contributed by atoms with van der Waals surface area (Å²) in [7, 11) is 0. The number of aliphatic imine (C=N–C) groups is 1. The summed E-state index contributed by atoms with van der Waals surface area (Å²) in [5.74, 6) is 1.01. The molecule has 0 aliphatic carbocycles. The van der Waals surface area contributed by atoms with Crippen LogP contribution in [0.5, 0.6) is 11.5 Å². The van der Waals surface area contributed by atoms with Crippen molar-refractivity contribution in [1.82, 2.24) is 0 Å². The molecular formula is C17H16N2O3. The first-order chi connectivity index (χ1) is 10.6. The fraction of sp³-hybridized carbons (Fsp3) is 0.118. The van der Waals surface area contributed by atoms with Crippen molar-refractivity contribution in [2.45, 2.75) is 13.8 Å². The maximum Gasteiger partial charge on any atom is 0.211 e. The van der Waals surface area contributed by atoms with E-state index in [2.05, 4.69) is 10.3 Å². The first-order valence-corrected chi connectivity index (χ1v) is 6.76. The molecule has 22 heavy (non-hydrogen) atoms. The van der Waals surface area contributed by atoms with E-state index in [0.717, 1.165) is 0 Å². The van der Waals surface area contributed by atoms with Gasteiger partial charge in [0.15, 0.2) is 5.78 Å². The Morgan fingerprint density at radius 2 is 1.95 bits per heavy atom. The van der Waals surface area contributed by atoms with Gasteiger partial charge in [0, 0.05) is 23.5 Å². The minimum atomic E-state index is -0.0811. The monoisotopic (exact) mass is 296 g/mol. The molecule has 0 aliphatic rings.